The van der Waals surface area contributed by atoms with Gasteiger partial charge in [-0.1, -0.05) is 36.4 Å². The van der Waals surface area contributed by atoms with Gasteiger partial charge in [-0.15, -0.1) is 0 Å². The highest BCUT2D eigenvalue weighted by molar-refractivity contribution is 6.02. The molecule has 6 nitrogen and oxygen atoms in total. The number of hydrogen-bond acceptors (Lipinski definition) is 5. The van der Waals surface area contributed by atoms with Crippen LogP contribution in [0, 0.1) is 0 Å². The number of ether oxygens (including phenoxy) is 1. The minimum absolute atomic E-state index is 0.455. The van der Waals surface area contributed by atoms with Crippen molar-refractivity contribution < 1.29 is 14.3 Å². The van der Waals surface area contributed by atoms with Gasteiger partial charge >= 0.3 is 0 Å². The van der Waals surface area contributed by atoms with E-state index in [2.05, 4.69) is 16.9 Å². The zero-order chi connectivity index (χ0) is 21.3. The van der Waals surface area contributed by atoms with Gasteiger partial charge in [-0.05, 0) is 41.8 Å². The summed E-state index contributed by atoms with van der Waals surface area (Å²) < 4.78 is 5.10. The SMILES string of the molecule is CN1CCOCC1.NC(=O)c1ccc2cncc(-c3ccc(/C=C/C=O)cc3)c2c1. The van der Waals surface area contributed by atoms with E-state index in [9.17, 15) is 9.59 Å². The van der Waals surface area contributed by atoms with Crippen molar-refractivity contribution in [3.63, 3.8) is 0 Å². The molecule has 30 heavy (non-hydrogen) atoms. The van der Waals surface area contributed by atoms with E-state index < -0.39 is 5.91 Å². The molecular weight excluding hydrogens is 378 g/mol. The summed E-state index contributed by atoms with van der Waals surface area (Å²) in [5.74, 6) is -0.455. The van der Waals surface area contributed by atoms with E-state index in [-0.39, 0.29) is 0 Å². The first-order chi connectivity index (χ1) is 14.6. The van der Waals surface area contributed by atoms with Gasteiger partial charge in [0.1, 0.15) is 6.29 Å². The van der Waals surface area contributed by atoms with E-state index in [1.807, 2.05) is 30.3 Å². The summed E-state index contributed by atoms with van der Waals surface area (Å²) in [5.41, 5.74) is 8.68. The standard InChI is InChI=1S/C19H14N2O2.C5H11NO/c20-19(23)15-7-8-16-11-21-12-18(17(16)10-15)14-5-3-13(4-6-14)2-1-9-22;1-6-2-4-7-5-3-6/h1-12H,(H2,20,23);2-5H2,1H3/b2-1+;. The van der Waals surface area contributed by atoms with Crippen molar-refractivity contribution in [3.8, 4) is 11.1 Å². The average molecular weight is 403 g/mol. The number of fused-ring (bicyclic) bond motifs is 1. The minimum Gasteiger partial charge on any atom is -0.379 e. The van der Waals surface area contributed by atoms with Crippen LogP contribution in [0.2, 0.25) is 0 Å². The smallest absolute Gasteiger partial charge is 0.248 e. The van der Waals surface area contributed by atoms with Crippen molar-refractivity contribution in [2.24, 2.45) is 5.73 Å². The lowest BCUT2D eigenvalue weighted by Gasteiger charge is -2.21. The highest BCUT2D eigenvalue weighted by atomic mass is 16.5. The summed E-state index contributed by atoms with van der Waals surface area (Å²) >= 11 is 0. The summed E-state index contributed by atoms with van der Waals surface area (Å²) in [4.78, 5) is 28.3. The molecule has 0 spiro atoms. The Labute approximate surface area is 176 Å². The number of carbonyl (C=O) groups is 2. The van der Waals surface area contributed by atoms with Crippen LogP contribution in [-0.2, 0) is 9.53 Å². The summed E-state index contributed by atoms with van der Waals surface area (Å²) in [7, 11) is 2.11. The molecule has 0 unspecified atom stereocenters. The fraction of sp³-hybridized carbons (Fsp3) is 0.208. The fourth-order valence-electron chi connectivity index (χ4n) is 3.13. The lowest BCUT2D eigenvalue weighted by Crippen LogP contribution is -2.32. The molecular formula is C24H25N3O3. The fourth-order valence-corrected chi connectivity index (χ4v) is 3.13. The third kappa shape index (κ3) is 5.59. The average Bonchev–Trinajstić information content (AvgIpc) is 2.78. The molecule has 2 N–H and O–H groups in total. The first-order valence-electron chi connectivity index (χ1n) is 9.74. The van der Waals surface area contributed by atoms with Gasteiger partial charge in [0.05, 0.1) is 13.2 Å². The molecule has 0 saturated carbocycles. The normalized spacial score (nSPS) is 14.3. The molecule has 154 valence electrons. The molecule has 0 aliphatic carbocycles. The number of hydrogen-bond donors (Lipinski definition) is 1. The molecule has 6 heteroatoms. The van der Waals surface area contributed by atoms with Gasteiger partial charge < -0.3 is 15.4 Å². The molecule has 1 aliphatic rings. The topological polar surface area (TPSA) is 85.5 Å². The number of morpholine rings is 1. The van der Waals surface area contributed by atoms with Gasteiger partial charge in [-0.25, -0.2) is 0 Å². The Morgan fingerprint density at radius 3 is 2.43 bits per heavy atom. The molecule has 1 aromatic heterocycles. The van der Waals surface area contributed by atoms with Gasteiger partial charge in [0.2, 0.25) is 5.91 Å². The molecule has 3 aromatic rings. The highest BCUT2D eigenvalue weighted by Gasteiger charge is 2.08. The van der Waals surface area contributed by atoms with Crippen LogP contribution in [0.3, 0.4) is 0 Å². The van der Waals surface area contributed by atoms with Gasteiger partial charge in [0, 0.05) is 42.0 Å². The monoisotopic (exact) mass is 403 g/mol. The first kappa shape index (κ1) is 21.4. The predicted molar refractivity (Wildman–Crippen MR) is 119 cm³/mol. The molecule has 2 aromatic carbocycles. The van der Waals surface area contributed by atoms with Crippen LogP contribution >= 0.6 is 0 Å². The third-order valence-electron chi connectivity index (χ3n) is 4.87. The number of primary amides is 1. The van der Waals surface area contributed by atoms with E-state index in [0.717, 1.165) is 60.1 Å². The number of carbonyl (C=O) groups excluding carboxylic acids is 2. The Morgan fingerprint density at radius 1 is 1.10 bits per heavy atom. The molecule has 1 fully saturated rings. The maximum Gasteiger partial charge on any atom is 0.248 e. The largest absolute Gasteiger partial charge is 0.379 e. The summed E-state index contributed by atoms with van der Waals surface area (Å²) in [6, 6.07) is 13.1. The Hall–Kier alpha value is -3.35. The number of amides is 1. The molecule has 4 rings (SSSR count). The van der Waals surface area contributed by atoms with E-state index in [1.54, 1.807) is 30.6 Å². The molecule has 0 atom stereocenters. The molecule has 1 saturated heterocycles. The van der Waals surface area contributed by atoms with E-state index in [1.165, 1.54) is 6.08 Å². The van der Waals surface area contributed by atoms with Crippen molar-refractivity contribution >= 4 is 29.0 Å². The van der Waals surface area contributed by atoms with Gasteiger partial charge in [-0.2, -0.15) is 0 Å². The van der Waals surface area contributed by atoms with Crippen LogP contribution in [0.25, 0.3) is 28.0 Å². The van der Waals surface area contributed by atoms with Crippen LogP contribution < -0.4 is 5.73 Å². The Balaban J connectivity index is 0.000000310. The predicted octanol–water partition coefficient (Wildman–Crippen LogP) is 3.16. The Morgan fingerprint density at radius 2 is 1.83 bits per heavy atom. The maximum absolute atomic E-state index is 11.4. The van der Waals surface area contributed by atoms with Gasteiger partial charge in [0.15, 0.2) is 0 Å². The highest BCUT2D eigenvalue weighted by Crippen LogP contribution is 2.28. The van der Waals surface area contributed by atoms with Crippen LogP contribution in [0.1, 0.15) is 15.9 Å². The van der Waals surface area contributed by atoms with Crippen molar-refractivity contribution in [1.82, 2.24) is 9.88 Å². The van der Waals surface area contributed by atoms with Gasteiger partial charge in [0.25, 0.3) is 0 Å². The molecule has 0 radical (unpaired) electrons. The van der Waals surface area contributed by atoms with Crippen LogP contribution in [0.5, 0.6) is 0 Å². The van der Waals surface area contributed by atoms with Crippen molar-refractivity contribution in [1.29, 1.82) is 0 Å². The molecule has 0 bridgehead atoms. The van der Waals surface area contributed by atoms with E-state index >= 15 is 0 Å². The van der Waals surface area contributed by atoms with Crippen LogP contribution in [0.15, 0.2) is 60.9 Å². The second-order valence-electron chi connectivity index (χ2n) is 7.02. The second kappa shape index (κ2) is 10.4. The van der Waals surface area contributed by atoms with E-state index in [4.69, 9.17) is 10.5 Å². The van der Waals surface area contributed by atoms with Crippen molar-refractivity contribution in [3.05, 3.63) is 72.1 Å². The molecule has 1 aliphatic heterocycles. The number of aromatic nitrogens is 1. The summed E-state index contributed by atoms with van der Waals surface area (Å²) in [5, 5.41) is 1.87. The summed E-state index contributed by atoms with van der Waals surface area (Å²) in [6.07, 6.45) is 7.46. The number of allylic oxidation sites excluding steroid dienone is 1. The molecule has 2 heterocycles. The number of rotatable bonds is 4. The Kier molecular flexibility index (Phi) is 7.43. The van der Waals surface area contributed by atoms with E-state index in [0.29, 0.717) is 5.56 Å². The zero-order valence-electron chi connectivity index (χ0n) is 17.0. The molecule has 1 amide bonds. The number of benzene rings is 2. The maximum atomic E-state index is 11.4. The quantitative estimate of drug-likeness (QED) is 0.534. The van der Waals surface area contributed by atoms with Crippen LogP contribution in [0.4, 0.5) is 0 Å². The Bertz CT molecular complexity index is 1040. The number of pyridine rings is 1. The number of nitrogens with zero attached hydrogens (tertiary/aromatic N) is 2. The lowest BCUT2D eigenvalue weighted by atomic mass is 9.98. The van der Waals surface area contributed by atoms with Crippen LogP contribution in [-0.4, -0.2) is 55.4 Å². The minimum atomic E-state index is -0.455. The van der Waals surface area contributed by atoms with Crippen molar-refractivity contribution in [2.45, 2.75) is 0 Å². The van der Waals surface area contributed by atoms with Gasteiger partial charge in [-0.3, -0.25) is 14.6 Å². The number of nitrogens with two attached hydrogens (primary N) is 1. The third-order valence-corrected chi connectivity index (χ3v) is 4.87. The number of likely N-dealkylation sites (N-methyl/N-ethyl adjacent to an activating group) is 1. The lowest BCUT2D eigenvalue weighted by molar-refractivity contribution is -0.104. The summed E-state index contributed by atoms with van der Waals surface area (Å²) in [6.45, 7) is 4.02. The number of aldehydes is 1. The first-order valence-corrected chi connectivity index (χ1v) is 9.74. The second-order valence-corrected chi connectivity index (χ2v) is 7.02. The van der Waals surface area contributed by atoms with Crippen molar-refractivity contribution in [2.75, 3.05) is 33.4 Å². The zero-order valence-corrected chi connectivity index (χ0v) is 17.0.